The van der Waals surface area contributed by atoms with Crippen LogP contribution in [0.3, 0.4) is 0 Å². The Labute approximate surface area is 167 Å². The average molecular weight is 391 g/mol. The molecule has 4 aliphatic rings. The molecule has 4 rings (SSSR count). The zero-order valence-corrected chi connectivity index (χ0v) is 17.1. The van der Waals surface area contributed by atoms with Crippen LogP contribution in [0.5, 0.6) is 0 Å². The van der Waals surface area contributed by atoms with Gasteiger partial charge in [0.05, 0.1) is 5.71 Å². The van der Waals surface area contributed by atoms with Crippen LogP contribution >= 0.6 is 0 Å². The largest absolute Gasteiger partial charge is 0.395 e. The molecule has 0 aromatic rings. The number of oxime groups is 1. The second-order valence-corrected chi connectivity index (χ2v) is 9.68. The number of Topliss-reactive ketones (excluding diaryl/α,β-unsaturated/α-hetero) is 1. The summed E-state index contributed by atoms with van der Waals surface area (Å²) < 4.78 is 0. The lowest BCUT2D eigenvalue weighted by molar-refractivity contribution is -0.130. The van der Waals surface area contributed by atoms with Gasteiger partial charge < -0.3 is 10.6 Å². The van der Waals surface area contributed by atoms with E-state index >= 15 is 0 Å². The molecule has 28 heavy (non-hydrogen) atoms. The first-order chi connectivity index (χ1) is 13.4. The first-order valence-corrected chi connectivity index (χ1v) is 10.8. The minimum Gasteiger partial charge on any atom is -0.395 e. The van der Waals surface area contributed by atoms with Gasteiger partial charge in [0.1, 0.15) is 18.2 Å². The molecule has 156 valence electrons. The summed E-state index contributed by atoms with van der Waals surface area (Å²) in [5.74, 6) is 2.31. The minimum absolute atomic E-state index is 0.132. The maximum absolute atomic E-state index is 12.7. The summed E-state index contributed by atoms with van der Waals surface area (Å²) in [6, 6.07) is 0. The van der Waals surface area contributed by atoms with Gasteiger partial charge in [-0.25, -0.2) is 0 Å². The molecule has 3 fully saturated rings. The number of rotatable bonds is 3. The van der Waals surface area contributed by atoms with Crippen LogP contribution in [0.2, 0.25) is 0 Å². The Hall–Kier alpha value is -1.47. The molecule has 1 heterocycles. The summed E-state index contributed by atoms with van der Waals surface area (Å²) in [6.07, 6.45) is 6.43. The standard InChI is InChI=1S/C21H34N4O3/c1-20-7-5-14(25-28-10-9-22)11-13(20)12-23-19(24-27)18-15-3-4-17(26)21(15,2)8-6-16(18)20/h13,15-16,18,27H,3-12,22H2,1-2H3,(H,23,24)/b25-14-/t13?,15-,16-,18-,20-,21-/m0/s1. The first-order valence-electron chi connectivity index (χ1n) is 10.8. The smallest absolute Gasteiger partial charge is 0.139 e. The van der Waals surface area contributed by atoms with Gasteiger partial charge in [0.15, 0.2) is 0 Å². The molecule has 3 saturated carbocycles. The minimum atomic E-state index is -0.258. The fourth-order valence-corrected chi connectivity index (χ4v) is 6.73. The average Bonchev–Trinajstić information content (AvgIpc) is 2.92. The molecule has 0 aromatic carbocycles. The second kappa shape index (κ2) is 7.41. The van der Waals surface area contributed by atoms with Crippen LogP contribution in [0, 0.1) is 34.5 Å². The normalized spacial score (nSPS) is 44.2. The van der Waals surface area contributed by atoms with Crippen molar-refractivity contribution in [2.75, 3.05) is 19.7 Å². The van der Waals surface area contributed by atoms with E-state index < -0.39 is 0 Å². The van der Waals surface area contributed by atoms with E-state index in [1.54, 1.807) is 0 Å². The maximum Gasteiger partial charge on any atom is 0.139 e. The molecule has 0 spiro atoms. The van der Waals surface area contributed by atoms with Crippen LogP contribution in [0.1, 0.15) is 58.8 Å². The Morgan fingerprint density at radius 2 is 2.11 bits per heavy atom. The number of ketones is 1. The van der Waals surface area contributed by atoms with Gasteiger partial charge in [-0.05, 0) is 61.7 Å². The Balaban J connectivity index is 1.64. The molecule has 0 radical (unpaired) electrons. The van der Waals surface area contributed by atoms with Crippen LogP contribution in [-0.4, -0.2) is 42.2 Å². The molecule has 0 bridgehead atoms. The van der Waals surface area contributed by atoms with Gasteiger partial charge >= 0.3 is 0 Å². The fourth-order valence-electron chi connectivity index (χ4n) is 6.73. The number of amidine groups is 1. The van der Waals surface area contributed by atoms with Crippen molar-refractivity contribution in [2.24, 2.45) is 50.4 Å². The van der Waals surface area contributed by atoms with Crippen LogP contribution in [-0.2, 0) is 9.63 Å². The summed E-state index contributed by atoms with van der Waals surface area (Å²) in [6.45, 7) is 6.14. The predicted molar refractivity (Wildman–Crippen MR) is 107 cm³/mol. The number of aliphatic imine (C=N–C) groups is 1. The molecular weight excluding hydrogens is 356 g/mol. The third-order valence-electron chi connectivity index (χ3n) is 8.51. The van der Waals surface area contributed by atoms with Crippen molar-refractivity contribution >= 4 is 17.3 Å². The number of hydrogen-bond acceptors (Lipinski definition) is 7. The number of nitrogens with two attached hydrogens (primary N) is 1. The lowest BCUT2D eigenvalue weighted by Crippen LogP contribution is -2.53. The molecule has 0 amide bonds. The third kappa shape index (κ3) is 2.98. The lowest BCUT2D eigenvalue weighted by Gasteiger charge is -2.54. The van der Waals surface area contributed by atoms with Gasteiger partial charge in [0, 0.05) is 30.8 Å². The molecule has 0 saturated heterocycles. The molecule has 1 unspecified atom stereocenters. The van der Waals surface area contributed by atoms with Crippen molar-refractivity contribution in [3.63, 3.8) is 0 Å². The van der Waals surface area contributed by atoms with E-state index in [2.05, 4.69) is 24.5 Å². The van der Waals surface area contributed by atoms with Crippen molar-refractivity contribution in [2.45, 2.75) is 58.8 Å². The van der Waals surface area contributed by atoms with Gasteiger partial charge in [-0.2, -0.15) is 0 Å². The first kappa shape index (κ1) is 19.8. The number of nitrogens with zero attached hydrogens (tertiary/aromatic N) is 2. The van der Waals surface area contributed by atoms with Crippen molar-refractivity contribution < 1.29 is 14.8 Å². The summed E-state index contributed by atoms with van der Waals surface area (Å²) in [4.78, 5) is 22.8. The predicted octanol–water partition coefficient (Wildman–Crippen LogP) is 2.53. The number of carbonyl (C=O) groups excluding carboxylic acids is 1. The van der Waals surface area contributed by atoms with E-state index in [1.165, 1.54) is 0 Å². The summed E-state index contributed by atoms with van der Waals surface area (Å²) in [7, 11) is 0. The van der Waals surface area contributed by atoms with Crippen LogP contribution in [0.4, 0.5) is 0 Å². The molecule has 6 atom stereocenters. The van der Waals surface area contributed by atoms with Gasteiger partial charge in [0.2, 0.25) is 0 Å². The lowest BCUT2D eigenvalue weighted by atomic mass is 9.50. The topological polar surface area (TPSA) is 109 Å². The zero-order chi connectivity index (χ0) is 19.9. The van der Waals surface area contributed by atoms with Gasteiger partial charge in [-0.15, -0.1) is 0 Å². The highest BCUT2D eigenvalue weighted by molar-refractivity contribution is 5.91. The van der Waals surface area contributed by atoms with Gasteiger partial charge in [-0.1, -0.05) is 19.0 Å². The van der Waals surface area contributed by atoms with Crippen molar-refractivity contribution in [3.8, 4) is 0 Å². The molecule has 4 N–H and O–H groups in total. The van der Waals surface area contributed by atoms with Crippen LogP contribution in [0.25, 0.3) is 0 Å². The van der Waals surface area contributed by atoms with Crippen molar-refractivity contribution in [1.29, 1.82) is 0 Å². The number of hydroxylamine groups is 1. The summed E-state index contributed by atoms with van der Waals surface area (Å²) >= 11 is 0. The second-order valence-electron chi connectivity index (χ2n) is 9.68. The molecule has 7 nitrogen and oxygen atoms in total. The van der Waals surface area contributed by atoms with Gasteiger partial charge in [0.25, 0.3) is 0 Å². The number of nitrogens with one attached hydrogen (secondary N) is 1. The summed E-state index contributed by atoms with van der Waals surface area (Å²) in [5, 5.41) is 14.2. The molecule has 3 aliphatic carbocycles. The van der Waals surface area contributed by atoms with Crippen molar-refractivity contribution in [3.05, 3.63) is 0 Å². The molecule has 7 heteroatoms. The maximum atomic E-state index is 12.7. The Kier molecular flexibility index (Phi) is 5.25. The Morgan fingerprint density at radius 1 is 1.29 bits per heavy atom. The molecule has 0 aromatic heterocycles. The summed E-state index contributed by atoms with van der Waals surface area (Å²) in [5.41, 5.74) is 8.90. The van der Waals surface area contributed by atoms with E-state index in [0.717, 1.165) is 44.2 Å². The number of carbonyl (C=O) groups is 1. The van der Waals surface area contributed by atoms with E-state index in [9.17, 15) is 10.0 Å². The third-order valence-corrected chi connectivity index (χ3v) is 8.51. The highest BCUT2D eigenvalue weighted by Crippen LogP contribution is 2.62. The zero-order valence-electron chi connectivity index (χ0n) is 17.1. The highest BCUT2D eigenvalue weighted by atomic mass is 16.6. The quantitative estimate of drug-likeness (QED) is 0.507. The molecule has 1 aliphatic heterocycles. The van der Waals surface area contributed by atoms with Crippen molar-refractivity contribution in [1.82, 2.24) is 5.48 Å². The van der Waals surface area contributed by atoms with E-state index in [1.807, 2.05) is 0 Å². The molecular formula is C21H34N4O3. The van der Waals surface area contributed by atoms with E-state index in [4.69, 9.17) is 15.6 Å². The Morgan fingerprint density at radius 3 is 2.86 bits per heavy atom. The fraction of sp³-hybridized carbons (Fsp3) is 0.857. The van der Waals surface area contributed by atoms with Gasteiger partial charge in [-0.3, -0.25) is 20.5 Å². The van der Waals surface area contributed by atoms with Crippen LogP contribution < -0.4 is 11.2 Å². The number of hydrogen-bond donors (Lipinski definition) is 3. The number of fused-ring (bicyclic) bond motifs is 5. The van der Waals surface area contributed by atoms with E-state index in [0.29, 0.717) is 49.6 Å². The Bertz CT molecular complexity index is 693. The van der Waals surface area contributed by atoms with Crippen LogP contribution in [0.15, 0.2) is 10.1 Å². The SMILES string of the molecule is C[C@]12CC/C(=N/OCCN)CC1CN=C(NO)[C@@H]1[C@@H]2CC[C@]2(C)C(=O)CC[C@@H]12. The van der Waals surface area contributed by atoms with E-state index in [-0.39, 0.29) is 22.7 Å². The highest BCUT2D eigenvalue weighted by Gasteiger charge is 2.60. The monoisotopic (exact) mass is 390 g/mol.